The topological polar surface area (TPSA) is 56.5 Å². The lowest BCUT2D eigenvalue weighted by Crippen LogP contribution is -2.21. The fraction of sp³-hybridized carbons (Fsp3) is 0.278. The van der Waals surface area contributed by atoms with Crippen molar-refractivity contribution >= 4 is 11.0 Å². The van der Waals surface area contributed by atoms with Crippen molar-refractivity contribution in [2.75, 3.05) is 13.7 Å². The van der Waals surface area contributed by atoms with Gasteiger partial charge in [-0.2, -0.15) is 0 Å². The number of imidazole rings is 1. The van der Waals surface area contributed by atoms with E-state index in [4.69, 9.17) is 9.47 Å². The lowest BCUT2D eigenvalue weighted by atomic mass is 10.2. The van der Waals surface area contributed by atoms with Crippen molar-refractivity contribution < 1.29 is 14.6 Å². The molecule has 0 radical (unpaired) electrons. The molecular weight excluding hydrogens is 292 g/mol. The van der Waals surface area contributed by atoms with E-state index in [9.17, 15) is 5.11 Å². The van der Waals surface area contributed by atoms with Crippen molar-refractivity contribution in [2.24, 2.45) is 0 Å². The minimum absolute atomic E-state index is 0.276. The maximum absolute atomic E-state index is 10.1. The third kappa shape index (κ3) is 3.88. The molecule has 0 aliphatic carbocycles. The zero-order chi connectivity index (χ0) is 16.1. The number of hydrogen-bond acceptors (Lipinski definition) is 4. The summed E-state index contributed by atoms with van der Waals surface area (Å²) < 4.78 is 12.6. The Balaban J connectivity index is 1.50. The minimum Gasteiger partial charge on any atom is -0.497 e. The average Bonchev–Trinajstić information content (AvgIpc) is 2.99. The Kier molecular flexibility index (Phi) is 4.90. The van der Waals surface area contributed by atoms with E-state index in [1.165, 1.54) is 0 Å². The quantitative estimate of drug-likeness (QED) is 0.728. The molecule has 0 bridgehead atoms. The van der Waals surface area contributed by atoms with Gasteiger partial charge in [0.15, 0.2) is 0 Å². The van der Waals surface area contributed by atoms with Gasteiger partial charge < -0.3 is 19.1 Å². The molecule has 23 heavy (non-hydrogen) atoms. The van der Waals surface area contributed by atoms with Crippen LogP contribution in [0, 0.1) is 0 Å². The van der Waals surface area contributed by atoms with Crippen molar-refractivity contribution in [1.29, 1.82) is 0 Å². The maximum atomic E-state index is 10.1. The van der Waals surface area contributed by atoms with Gasteiger partial charge in [-0.05, 0) is 29.8 Å². The Hall–Kier alpha value is -2.37. The van der Waals surface area contributed by atoms with Crippen molar-refractivity contribution in [3.8, 4) is 5.75 Å². The molecule has 120 valence electrons. The van der Waals surface area contributed by atoms with Gasteiger partial charge in [-0.1, -0.05) is 24.3 Å². The third-order valence-electron chi connectivity index (χ3n) is 3.67. The number of hydrogen-bond donors (Lipinski definition) is 1. The molecule has 1 N–H and O–H groups in total. The summed E-state index contributed by atoms with van der Waals surface area (Å²) in [7, 11) is 1.64. The van der Waals surface area contributed by atoms with Gasteiger partial charge >= 0.3 is 0 Å². The Bertz CT molecular complexity index is 752. The molecule has 2 aromatic carbocycles. The molecule has 1 aromatic heterocycles. The summed E-state index contributed by atoms with van der Waals surface area (Å²) in [5.41, 5.74) is 2.99. The van der Waals surface area contributed by atoms with Crippen LogP contribution in [0.2, 0.25) is 0 Å². The smallest absolute Gasteiger partial charge is 0.118 e. The minimum atomic E-state index is -0.578. The number of ether oxygens (including phenoxy) is 2. The predicted molar refractivity (Wildman–Crippen MR) is 88.4 cm³/mol. The van der Waals surface area contributed by atoms with Crippen LogP contribution in [0.15, 0.2) is 54.9 Å². The highest BCUT2D eigenvalue weighted by atomic mass is 16.5. The first-order chi connectivity index (χ1) is 11.3. The summed E-state index contributed by atoms with van der Waals surface area (Å²) in [6.07, 6.45) is 1.17. The highest BCUT2D eigenvalue weighted by molar-refractivity contribution is 5.74. The standard InChI is InChI=1S/C18H20N2O3/c1-22-16-8-6-14(7-9-16)11-23-12-15(21)10-20-13-19-17-4-2-3-5-18(17)20/h2-9,13,15,21H,10-12H2,1H3. The second-order valence-electron chi connectivity index (χ2n) is 5.40. The fourth-order valence-electron chi connectivity index (χ4n) is 2.47. The van der Waals surface area contributed by atoms with Crippen molar-refractivity contribution in [2.45, 2.75) is 19.3 Å². The number of benzene rings is 2. The molecule has 5 nitrogen and oxygen atoms in total. The number of aliphatic hydroxyl groups excluding tert-OH is 1. The van der Waals surface area contributed by atoms with Crippen molar-refractivity contribution in [1.82, 2.24) is 9.55 Å². The van der Waals surface area contributed by atoms with Crippen LogP contribution in [0.5, 0.6) is 5.75 Å². The van der Waals surface area contributed by atoms with Gasteiger partial charge in [-0.3, -0.25) is 0 Å². The molecule has 5 heteroatoms. The SMILES string of the molecule is COc1ccc(COCC(O)Cn2cnc3ccccc32)cc1. The molecule has 1 unspecified atom stereocenters. The lowest BCUT2D eigenvalue weighted by Gasteiger charge is -2.13. The van der Waals surface area contributed by atoms with Crippen molar-refractivity contribution in [3.05, 3.63) is 60.4 Å². The van der Waals surface area contributed by atoms with Gasteiger partial charge in [-0.25, -0.2) is 4.98 Å². The summed E-state index contributed by atoms with van der Waals surface area (Å²) in [5.74, 6) is 0.820. The molecular formula is C18H20N2O3. The van der Waals surface area contributed by atoms with E-state index in [2.05, 4.69) is 4.98 Å². The summed E-state index contributed by atoms with van der Waals surface area (Å²) in [6, 6.07) is 15.6. The Morgan fingerprint density at radius 1 is 1.13 bits per heavy atom. The zero-order valence-electron chi connectivity index (χ0n) is 13.1. The van der Waals surface area contributed by atoms with Gasteiger partial charge in [0.05, 0.1) is 50.3 Å². The van der Waals surface area contributed by atoms with Crippen LogP contribution in [-0.2, 0) is 17.9 Å². The Labute approximate surface area is 135 Å². The van der Waals surface area contributed by atoms with Gasteiger partial charge in [0.1, 0.15) is 5.75 Å². The Morgan fingerprint density at radius 3 is 2.70 bits per heavy atom. The molecule has 1 atom stereocenters. The van der Waals surface area contributed by atoms with E-state index >= 15 is 0 Å². The third-order valence-corrected chi connectivity index (χ3v) is 3.67. The molecule has 0 fully saturated rings. The largest absolute Gasteiger partial charge is 0.497 e. The van der Waals surface area contributed by atoms with E-state index in [-0.39, 0.29) is 6.61 Å². The number of fused-ring (bicyclic) bond motifs is 1. The normalized spacial score (nSPS) is 12.4. The summed E-state index contributed by atoms with van der Waals surface area (Å²) >= 11 is 0. The van der Waals surface area contributed by atoms with Gasteiger partial charge in [-0.15, -0.1) is 0 Å². The monoisotopic (exact) mass is 312 g/mol. The van der Waals surface area contributed by atoms with E-state index in [0.717, 1.165) is 22.3 Å². The average molecular weight is 312 g/mol. The van der Waals surface area contributed by atoms with E-state index < -0.39 is 6.10 Å². The van der Waals surface area contributed by atoms with E-state index in [1.54, 1.807) is 13.4 Å². The van der Waals surface area contributed by atoms with Crippen LogP contribution in [0.1, 0.15) is 5.56 Å². The summed E-state index contributed by atoms with van der Waals surface area (Å²) in [5, 5.41) is 10.1. The maximum Gasteiger partial charge on any atom is 0.118 e. The number of rotatable bonds is 7. The van der Waals surface area contributed by atoms with Crippen LogP contribution >= 0.6 is 0 Å². The molecule has 3 rings (SSSR count). The molecule has 0 aliphatic rings. The number of para-hydroxylation sites is 2. The number of methoxy groups -OCH3 is 1. The fourth-order valence-corrected chi connectivity index (χ4v) is 2.47. The lowest BCUT2D eigenvalue weighted by molar-refractivity contribution is 0.0208. The van der Waals surface area contributed by atoms with Crippen LogP contribution in [0.4, 0.5) is 0 Å². The number of aromatic nitrogens is 2. The van der Waals surface area contributed by atoms with Crippen LogP contribution in [-0.4, -0.2) is 34.5 Å². The van der Waals surface area contributed by atoms with Crippen LogP contribution in [0.25, 0.3) is 11.0 Å². The van der Waals surface area contributed by atoms with E-state index in [0.29, 0.717) is 13.2 Å². The first-order valence-electron chi connectivity index (χ1n) is 7.55. The Morgan fingerprint density at radius 2 is 1.91 bits per heavy atom. The second-order valence-corrected chi connectivity index (χ2v) is 5.40. The molecule has 0 aliphatic heterocycles. The summed E-state index contributed by atoms with van der Waals surface area (Å²) in [4.78, 5) is 4.32. The molecule has 0 saturated heterocycles. The second kappa shape index (κ2) is 7.26. The highest BCUT2D eigenvalue weighted by Gasteiger charge is 2.08. The van der Waals surface area contributed by atoms with Crippen LogP contribution < -0.4 is 4.74 Å². The first kappa shape index (κ1) is 15.5. The highest BCUT2D eigenvalue weighted by Crippen LogP contribution is 2.13. The molecule has 1 heterocycles. The predicted octanol–water partition coefficient (Wildman–Crippen LogP) is 2.62. The molecule has 0 spiro atoms. The molecule has 0 saturated carbocycles. The number of aliphatic hydroxyl groups is 1. The van der Waals surface area contributed by atoms with Gasteiger partial charge in [0, 0.05) is 0 Å². The number of nitrogens with zero attached hydrogens (tertiary/aromatic N) is 2. The molecule has 3 aromatic rings. The first-order valence-corrected chi connectivity index (χ1v) is 7.55. The van der Waals surface area contributed by atoms with Gasteiger partial charge in [0.25, 0.3) is 0 Å². The molecule has 0 amide bonds. The van der Waals surface area contributed by atoms with Crippen molar-refractivity contribution in [3.63, 3.8) is 0 Å². The van der Waals surface area contributed by atoms with Crippen LogP contribution in [0.3, 0.4) is 0 Å². The van der Waals surface area contributed by atoms with Gasteiger partial charge in [0.2, 0.25) is 0 Å². The summed E-state index contributed by atoms with van der Waals surface area (Å²) in [6.45, 7) is 1.20. The van der Waals surface area contributed by atoms with E-state index in [1.807, 2.05) is 53.1 Å². The zero-order valence-corrected chi connectivity index (χ0v) is 13.1.